The first-order valence-corrected chi connectivity index (χ1v) is 11.4. The maximum absolute atomic E-state index is 6.30. The van der Waals surface area contributed by atoms with Crippen molar-refractivity contribution in [3.05, 3.63) is 64.2 Å². The Morgan fingerprint density at radius 2 is 1.41 bits per heavy atom. The van der Waals surface area contributed by atoms with Crippen LogP contribution in [0.3, 0.4) is 0 Å². The highest BCUT2D eigenvalue weighted by Gasteiger charge is 2.26. The van der Waals surface area contributed by atoms with Crippen molar-refractivity contribution in [1.82, 2.24) is 0 Å². The summed E-state index contributed by atoms with van der Waals surface area (Å²) in [5.74, 6) is 1.48. The summed E-state index contributed by atoms with van der Waals surface area (Å²) in [7, 11) is 0. The van der Waals surface area contributed by atoms with Crippen molar-refractivity contribution in [1.29, 1.82) is 0 Å². The Hall–Kier alpha value is -1.76. The molecule has 0 aromatic heterocycles. The molecule has 2 aromatic rings. The molecule has 0 aliphatic carbocycles. The van der Waals surface area contributed by atoms with E-state index in [-0.39, 0.29) is 10.8 Å². The molecule has 0 saturated heterocycles. The summed E-state index contributed by atoms with van der Waals surface area (Å²) in [5.41, 5.74) is 7.14. The smallest absolute Gasteiger partial charge is 0.120 e. The minimum Gasteiger partial charge on any atom is -0.489 e. The molecule has 160 valence electrons. The second kappa shape index (κ2) is 9.37. The van der Waals surface area contributed by atoms with Crippen molar-refractivity contribution in [2.75, 3.05) is 0 Å². The van der Waals surface area contributed by atoms with Crippen LogP contribution in [0.4, 0.5) is 0 Å². The molecule has 0 radical (unpaired) electrons. The molecule has 1 nitrogen and oxygen atoms in total. The largest absolute Gasteiger partial charge is 0.489 e. The van der Waals surface area contributed by atoms with E-state index < -0.39 is 0 Å². The van der Waals surface area contributed by atoms with Crippen LogP contribution in [0.2, 0.25) is 0 Å². The number of aryl methyl sites for hydroxylation is 1. The van der Waals surface area contributed by atoms with Crippen molar-refractivity contribution in [3.8, 4) is 5.75 Å². The monoisotopic (exact) mass is 394 g/mol. The first-order valence-electron chi connectivity index (χ1n) is 11.4. The summed E-state index contributed by atoms with van der Waals surface area (Å²) in [4.78, 5) is 0. The Morgan fingerprint density at radius 3 is 1.97 bits per heavy atom. The van der Waals surface area contributed by atoms with Gasteiger partial charge in [-0.3, -0.25) is 0 Å². The van der Waals surface area contributed by atoms with Crippen LogP contribution < -0.4 is 4.74 Å². The van der Waals surface area contributed by atoms with E-state index in [1.54, 1.807) is 0 Å². The average Bonchev–Trinajstić information content (AvgIpc) is 2.70. The third-order valence-corrected chi connectivity index (χ3v) is 7.06. The van der Waals surface area contributed by atoms with Gasteiger partial charge in [-0.15, -0.1) is 0 Å². The fraction of sp³-hybridized carbons (Fsp3) is 0.571. The van der Waals surface area contributed by atoms with Gasteiger partial charge in [0, 0.05) is 0 Å². The van der Waals surface area contributed by atoms with Gasteiger partial charge < -0.3 is 4.74 Å². The molecule has 29 heavy (non-hydrogen) atoms. The maximum Gasteiger partial charge on any atom is 0.120 e. The van der Waals surface area contributed by atoms with Crippen LogP contribution in [0.5, 0.6) is 5.75 Å². The van der Waals surface area contributed by atoms with Gasteiger partial charge >= 0.3 is 0 Å². The summed E-state index contributed by atoms with van der Waals surface area (Å²) in [6.45, 7) is 21.2. The van der Waals surface area contributed by atoms with E-state index in [0.717, 1.165) is 25.0 Å². The minimum absolute atomic E-state index is 0.168. The second-order valence-electron chi connectivity index (χ2n) is 9.95. The lowest BCUT2D eigenvalue weighted by Crippen LogP contribution is -2.23. The number of hydrogen-bond donors (Lipinski definition) is 0. The summed E-state index contributed by atoms with van der Waals surface area (Å²) in [5, 5.41) is 0. The Morgan fingerprint density at radius 1 is 0.793 bits per heavy atom. The Labute approximate surface area is 179 Å². The van der Waals surface area contributed by atoms with Crippen molar-refractivity contribution in [2.45, 2.75) is 105 Å². The molecule has 1 heteroatoms. The fourth-order valence-corrected chi connectivity index (χ4v) is 3.74. The Balaban J connectivity index is 2.40. The number of benzene rings is 2. The van der Waals surface area contributed by atoms with E-state index in [2.05, 4.69) is 98.7 Å². The van der Waals surface area contributed by atoms with Gasteiger partial charge in [0.25, 0.3) is 0 Å². The maximum atomic E-state index is 6.30. The number of ether oxygens (including phenoxy) is 1. The van der Waals surface area contributed by atoms with E-state index in [1.807, 2.05) is 0 Å². The first-order chi connectivity index (χ1) is 13.5. The lowest BCUT2D eigenvalue weighted by molar-refractivity contribution is 0.304. The summed E-state index contributed by atoms with van der Waals surface area (Å²) in [6.07, 6.45) is 3.42. The van der Waals surface area contributed by atoms with Crippen molar-refractivity contribution >= 4 is 0 Å². The fourth-order valence-electron chi connectivity index (χ4n) is 3.74. The zero-order valence-electron chi connectivity index (χ0n) is 20.3. The molecule has 0 amide bonds. The Bertz CT molecular complexity index is 809. The quantitative estimate of drug-likeness (QED) is 0.414. The van der Waals surface area contributed by atoms with Gasteiger partial charge in [-0.2, -0.15) is 0 Å². The van der Waals surface area contributed by atoms with Crippen molar-refractivity contribution < 1.29 is 4.74 Å². The lowest BCUT2D eigenvalue weighted by Gasteiger charge is -2.31. The van der Waals surface area contributed by atoms with E-state index in [0.29, 0.717) is 12.5 Å². The molecular formula is C28H42O. The average molecular weight is 395 g/mol. The molecule has 2 aromatic carbocycles. The van der Waals surface area contributed by atoms with Gasteiger partial charge in [-0.25, -0.2) is 0 Å². The van der Waals surface area contributed by atoms with Crippen LogP contribution in [0.25, 0.3) is 0 Å². The van der Waals surface area contributed by atoms with Crippen LogP contribution in [-0.2, 0) is 17.4 Å². The zero-order chi connectivity index (χ0) is 21.8. The van der Waals surface area contributed by atoms with Crippen molar-refractivity contribution in [3.63, 3.8) is 0 Å². The first kappa shape index (κ1) is 23.5. The molecule has 0 bridgehead atoms. The highest BCUT2D eigenvalue weighted by molar-refractivity contribution is 5.39. The molecule has 0 spiro atoms. The predicted octanol–water partition coefficient (Wildman–Crippen LogP) is 8.46. The van der Waals surface area contributed by atoms with Crippen LogP contribution in [0.1, 0.15) is 108 Å². The number of rotatable bonds is 9. The highest BCUT2D eigenvalue weighted by Crippen LogP contribution is 2.36. The molecule has 0 aliphatic rings. The third-order valence-electron chi connectivity index (χ3n) is 7.06. The molecular weight excluding hydrogens is 352 g/mol. The molecule has 0 aliphatic heterocycles. The highest BCUT2D eigenvalue weighted by atomic mass is 16.5. The van der Waals surface area contributed by atoms with Crippen LogP contribution in [0, 0.1) is 6.92 Å². The lowest BCUT2D eigenvalue weighted by atomic mass is 9.73. The molecule has 2 rings (SSSR count). The van der Waals surface area contributed by atoms with Gasteiger partial charge in [0.1, 0.15) is 12.4 Å². The normalized spacial score (nSPS) is 12.5. The third kappa shape index (κ3) is 5.65. The predicted molar refractivity (Wildman–Crippen MR) is 127 cm³/mol. The molecule has 0 fully saturated rings. The SMILES string of the molecule is CCC(C)(C)c1cc(COc2cc(C)cc(C(C)C)c2)cc(C(C)(CC)CC)c1. The van der Waals surface area contributed by atoms with E-state index >= 15 is 0 Å². The van der Waals surface area contributed by atoms with Gasteiger partial charge in [-0.05, 0) is 82.9 Å². The minimum atomic E-state index is 0.168. The van der Waals surface area contributed by atoms with E-state index in [9.17, 15) is 0 Å². The van der Waals surface area contributed by atoms with Gasteiger partial charge in [0.2, 0.25) is 0 Å². The van der Waals surface area contributed by atoms with Crippen LogP contribution >= 0.6 is 0 Å². The van der Waals surface area contributed by atoms with Crippen LogP contribution in [0.15, 0.2) is 36.4 Å². The molecule has 0 saturated carbocycles. The topological polar surface area (TPSA) is 9.23 Å². The molecule has 0 N–H and O–H groups in total. The van der Waals surface area contributed by atoms with E-state index in [4.69, 9.17) is 4.74 Å². The molecule has 0 heterocycles. The van der Waals surface area contributed by atoms with E-state index in [1.165, 1.54) is 27.8 Å². The number of hydrogen-bond acceptors (Lipinski definition) is 1. The Kier molecular flexibility index (Phi) is 7.60. The summed E-state index contributed by atoms with van der Waals surface area (Å²) in [6, 6.07) is 13.8. The molecule has 0 unspecified atom stereocenters. The van der Waals surface area contributed by atoms with Gasteiger partial charge in [-0.1, -0.05) is 79.7 Å². The summed E-state index contributed by atoms with van der Waals surface area (Å²) < 4.78 is 6.30. The van der Waals surface area contributed by atoms with Crippen LogP contribution in [-0.4, -0.2) is 0 Å². The zero-order valence-corrected chi connectivity index (χ0v) is 20.3. The molecule has 0 atom stereocenters. The van der Waals surface area contributed by atoms with Gasteiger partial charge in [0.15, 0.2) is 0 Å². The second-order valence-corrected chi connectivity index (χ2v) is 9.95. The van der Waals surface area contributed by atoms with Crippen molar-refractivity contribution in [2.24, 2.45) is 0 Å². The standard InChI is InChI=1S/C28H42O/c1-10-27(7,8)24-15-22(16-25(18-24)28(9,11-2)12-3)19-29-26-14-21(6)13-23(17-26)20(4)5/h13-18,20H,10-12,19H2,1-9H3. The summed E-state index contributed by atoms with van der Waals surface area (Å²) >= 11 is 0. The van der Waals surface area contributed by atoms with Gasteiger partial charge in [0.05, 0.1) is 0 Å².